The normalized spacial score (nSPS) is 17.2. The molecule has 6 heteroatoms. The minimum atomic E-state index is -0.0555. The Labute approximate surface area is 181 Å². The Morgan fingerprint density at radius 3 is 2.66 bits per heavy atom. The fourth-order valence-electron chi connectivity index (χ4n) is 4.10. The van der Waals surface area contributed by atoms with Crippen molar-refractivity contribution in [2.75, 3.05) is 31.2 Å². The molecule has 1 aliphatic carbocycles. The maximum Gasteiger partial charge on any atom is 0.248 e. The molecule has 1 heterocycles. The molecule has 0 spiro atoms. The molecule has 0 bridgehead atoms. The molecule has 2 aliphatic rings. The van der Waals surface area contributed by atoms with Gasteiger partial charge in [-0.2, -0.15) is 0 Å². The van der Waals surface area contributed by atoms with Crippen LogP contribution in [0.25, 0.3) is 0 Å². The molecular weight excluding hydrogens is 407 g/mol. The Morgan fingerprint density at radius 1 is 1.07 bits per heavy atom. The molecular formula is C23H24Cl2N2O2. The molecule has 1 amide bonds. The summed E-state index contributed by atoms with van der Waals surface area (Å²) in [6.07, 6.45) is 5.10. The molecule has 0 N–H and O–H groups in total. The number of carbonyl (C=O) groups is 1. The summed E-state index contributed by atoms with van der Waals surface area (Å²) in [4.78, 5) is 19.2. The summed E-state index contributed by atoms with van der Waals surface area (Å²) in [5.74, 6) is 0.608. The van der Waals surface area contributed by atoms with Gasteiger partial charge in [0, 0.05) is 34.3 Å². The van der Waals surface area contributed by atoms with Crippen molar-refractivity contribution in [2.24, 2.45) is 10.9 Å². The van der Waals surface area contributed by atoms with Crippen LogP contribution in [0.5, 0.6) is 0 Å². The van der Waals surface area contributed by atoms with E-state index in [2.05, 4.69) is 4.99 Å². The van der Waals surface area contributed by atoms with Crippen molar-refractivity contribution in [1.29, 1.82) is 0 Å². The molecule has 2 aromatic rings. The van der Waals surface area contributed by atoms with Gasteiger partial charge in [0.1, 0.15) is 6.54 Å². The minimum Gasteiger partial charge on any atom is -0.379 e. The topological polar surface area (TPSA) is 41.9 Å². The average molecular weight is 431 g/mol. The number of carbonyl (C=O) groups excluding carboxylic acids is 1. The zero-order chi connectivity index (χ0) is 20.2. The molecule has 0 atom stereocenters. The summed E-state index contributed by atoms with van der Waals surface area (Å²) in [5.41, 5.74) is 3.09. The van der Waals surface area contributed by atoms with Crippen molar-refractivity contribution in [2.45, 2.75) is 25.7 Å². The molecule has 4 rings (SSSR count). The van der Waals surface area contributed by atoms with E-state index in [9.17, 15) is 4.79 Å². The van der Waals surface area contributed by atoms with Crippen LogP contribution in [0.4, 0.5) is 5.69 Å². The maximum atomic E-state index is 12.9. The van der Waals surface area contributed by atoms with Gasteiger partial charge >= 0.3 is 0 Å². The first-order valence-corrected chi connectivity index (χ1v) is 10.9. The Balaban J connectivity index is 1.58. The first-order chi connectivity index (χ1) is 14.1. The molecule has 0 radical (unpaired) electrons. The quantitative estimate of drug-likeness (QED) is 0.576. The van der Waals surface area contributed by atoms with Crippen molar-refractivity contribution >= 4 is 40.5 Å². The molecule has 29 heavy (non-hydrogen) atoms. The second kappa shape index (κ2) is 9.29. The van der Waals surface area contributed by atoms with E-state index in [-0.39, 0.29) is 12.5 Å². The number of aliphatic imine (C=N–C) groups is 1. The van der Waals surface area contributed by atoms with Crippen LogP contribution in [-0.4, -0.2) is 37.9 Å². The van der Waals surface area contributed by atoms with Crippen LogP contribution in [0.15, 0.2) is 47.5 Å². The maximum absolute atomic E-state index is 12.9. The van der Waals surface area contributed by atoms with Crippen LogP contribution in [0.2, 0.25) is 10.0 Å². The van der Waals surface area contributed by atoms with Crippen molar-refractivity contribution in [3.8, 4) is 0 Å². The van der Waals surface area contributed by atoms with Gasteiger partial charge in [-0.1, -0.05) is 54.2 Å². The van der Waals surface area contributed by atoms with E-state index in [0.717, 1.165) is 23.4 Å². The molecule has 1 fully saturated rings. The van der Waals surface area contributed by atoms with Gasteiger partial charge in [0.05, 0.1) is 18.0 Å². The number of hydrogen-bond acceptors (Lipinski definition) is 3. The van der Waals surface area contributed by atoms with Crippen LogP contribution >= 0.6 is 23.2 Å². The van der Waals surface area contributed by atoms with E-state index < -0.39 is 0 Å². The number of hydrogen-bond donors (Lipinski definition) is 0. The Hall–Kier alpha value is -1.88. The number of amides is 1. The van der Waals surface area contributed by atoms with Gasteiger partial charge in [-0.25, -0.2) is 0 Å². The zero-order valence-electron chi connectivity index (χ0n) is 16.2. The monoisotopic (exact) mass is 430 g/mol. The highest BCUT2D eigenvalue weighted by Gasteiger charge is 2.26. The molecule has 1 saturated carbocycles. The standard InChI is InChI=1S/C23H24Cl2N2O2/c24-17-9-10-21-19(13-17)23(18-7-3-4-8-20(18)25)26-14-22(28)27(21)11-12-29-15-16-5-1-2-6-16/h3-4,7-10,13,16H,1-2,5-6,11-12,14-15H2. The number of nitrogens with zero attached hydrogens (tertiary/aromatic N) is 2. The lowest BCUT2D eigenvalue weighted by molar-refractivity contribution is -0.117. The molecule has 0 saturated heterocycles. The number of fused-ring (bicyclic) bond motifs is 1. The lowest BCUT2D eigenvalue weighted by Crippen LogP contribution is -2.35. The van der Waals surface area contributed by atoms with Gasteiger partial charge in [0.15, 0.2) is 0 Å². The second-order valence-electron chi connectivity index (χ2n) is 7.58. The SMILES string of the molecule is O=C1CN=C(c2ccccc2Cl)c2cc(Cl)ccc2N1CCOCC1CCCC1. The van der Waals surface area contributed by atoms with E-state index >= 15 is 0 Å². The molecule has 0 aromatic heterocycles. The van der Waals surface area contributed by atoms with Crippen LogP contribution in [-0.2, 0) is 9.53 Å². The molecule has 4 nitrogen and oxygen atoms in total. The first kappa shape index (κ1) is 20.4. The number of benzene rings is 2. The average Bonchev–Trinajstić information content (AvgIpc) is 3.19. The van der Waals surface area contributed by atoms with E-state index in [1.165, 1.54) is 25.7 Å². The van der Waals surface area contributed by atoms with Crippen LogP contribution in [0.3, 0.4) is 0 Å². The van der Waals surface area contributed by atoms with Gasteiger partial charge in [-0.3, -0.25) is 9.79 Å². The molecule has 1 aliphatic heterocycles. The minimum absolute atomic E-state index is 0.0555. The summed E-state index contributed by atoms with van der Waals surface area (Å²) < 4.78 is 5.90. The highest BCUT2D eigenvalue weighted by Crippen LogP contribution is 2.31. The summed E-state index contributed by atoms with van der Waals surface area (Å²) in [5, 5.41) is 1.19. The number of halogens is 2. The van der Waals surface area contributed by atoms with Gasteiger partial charge in [0.2, 0.25) is 5.91 Å². The Morgan fingerprint density at radius 2 is 1.86 bits per heavy atom. The highest BCUT2D eigenvalue weighted by atomic mass is 35.5. The summed E-state index contributed by atoms with van der Waals surface area (Å²) >= 11 is 12.7. The second-order valence-corrected chi connectivity index (χ2v) is 8.42. The summed E-state index contributed by atoms with van der Waals surface area (Å²) in [6.45, 7) is 1.84. The van der Waals surface area contributed by atoms with Gasteiger partial charge in [0.25, 0.3) is 0 Å². The van der Waals surface area contributed by atoms with Crippen molar-refractivity contribution in [3.05, 3.63) is 63.6 Å². The first-order valence-electron chi connectivity index (χ1n) is 10.1. The smallest absolute Gasteiger partial charge is 0.248 e. The Bertz CT molecular complexity index is 923. The third-order valence-corrected chi connectivity index (χ3v) is 6.16. The van der Waals surface area contributed by atoms with Crippen LogP contribution in [0, 0.1) is 5.92 Å². The zero-order valence-corrected chi connectivity index (χ0v) is 17.8. The number of ether oxygens (including phenoxy) is 1. The molecule has 2 aromatic carbocycles. The van der Waals surface area contributed by atoms with Gasteiger partial charge in [-0.05, 0) is 43.0 Å². The number of anilines is 1. The number of benzodiazepines with no additional fused rings is 1. The molecule has 0 unspecified atom stereocenters. The highest BCUT2D eigenvalue weighted by molar-refractivity contribution is 6.37. The predicted octanol–water partition coefficient (Wildman–Crippen LogP) is 5.38. The van der Waals surface area contributed by atoms with Crippen molar-refractivity contribution in [3.63, 3.8) is 0 Å². The van der Waals surface area contributed by atoms with E-state index in [0.29, 0.717) is 34.8 Å². The van der Waals surface area contributed by atoms with Gasteiger partial charge in [-0.15, -0.1) is 0 Å². The largest absolute Gasteiger partial charge is 0.379 e. The lowest BCUT2D eigenvalue weighted by atomic mass is 10.00. The van der Waals surface area contributed by atoms with E-state index in [1.807, 2.05) is 36.4 Å². The summed E-state index contributed by atoms with van der Waals surface area (Å²) in [7, 11) is 0. The fourth-order valence-corrected chi connectivity index (χ4v) is 4.49. The van der Waals surface area contributed by atoms with E-state index in [4.69, 9.17) is 27.9 Å². The van der Waals surface area contributed by atoms with E-state index in [1.54, 1.807) is 11.0 Å². The predicted molar refractivity (Wildman–Crippen MR) is 119 cm³/mol. The molecule has 152 valence electrons. The lowest BCUT2D eigenvalue weighted by Gasteiger charge is -2.23. The van der Waals surface area contributed by atoms with Crippen LogP contribution in [0.1, 0.15) is 36.8 Å². The van der Waals surface area contributed by atoms with Crippen molar-refractivity contribution in [1.82, 2.24) is 0 Å². The van der Waals surface area contributed by atoms with Crippen LogP contribution < -0.4 is 4.90 Å². The third kappa shape index (κ3) is 4.66. The van der Waals surface area contributed by atoms with Gasteiger partial charge < -0.3 is 9.64 Å². The third-order valence-electron chi connectivity index (χ3n) is 5.59. The Kier molecular flexibility index (Phi) is 6.53. The number of rotatable bonds is 6. The fraction of sp³-hybridized carbons (Fsp3) is 0.391. The summed E-state index contributed by atoms with van der Waals surface area (Å²) in [6, 6.07) is 13.1. The van der Waals surface area contributed by atoms with Crippen molar-refractivity contribution < 1.29 is 9.53 Å².